The second kappa shape index (κ2) is 7.05. The van der Waals surface area contributed by atoms with E-state index in [0.29, 0.717) is 17.8 Å². The van der Waals surface area contributed by atoms with Gasteiger partial charge in [-0.15, -0.1) is 6.58 Å². The van der Waals surface area contributed by atoms with Gasteiger partial charge < -0.3 is 9.30 Å². The summed E-state index contributed by atoms with van der Waals surface area (Å²) >= 11 is 6.03. The van der Waals surface area contributed by atoms with Gasteiger partial charge in [-0.3, -0.25) is 9.48 Å². The monoisotopic (exact) mass is 349 g/mol. The molecule has 2 aromatic heterocycles. The molecule has 0 saturated carbocycles. The van der Waals surface area contributed by atoms with E-state index in [2.05, 4.69) is 11.7 Å². The van der Waals surface area contributed by atoms with Crippen LogP contribution in [-0.2, 0) is 18.3 Å². The zero-order valence-corrected chi connectivity index (χ0v) is 15.0. The van der Waals surface area contributed by atoms with Crippen LogP contribution in [-0.4, -0.2) is 32.7 Å². The van der Waals surface area contributed by atoms with Gasteiger partial charge in [-0.2, -0.15) is 5.10 Å². The lowest BCUT2D eigenvalue weighted by Crippen LogP contribution is -2.15. The van der Waals surface area contributed by atoms with Crippen molar-refractivity contribution in [2.24, 2.45) is 7.05 Å². The van der Waals surface area contributed by atoms with E-state index >= 15 is 0 Å². The van der Waals surface area contributed by atoms with Crippen LogP contribution < -0.4 is 0 Å². The second-order valence-corrected chi connectivity index (χ2v) is 5.92. The number of esters is 1. The highest BCUT2D eigenvalue weighted by molar-refractivity contribution is 6.32. The summed E-state index contributed by atoms with van der Waals surface area (Å²) in [5, 5.41) is 4.24. The summed E-state index contributed by atoms with van der Waals surface area (Å²) < 4.78 is 8.49. The van der Waals surface area contributed by atoms with E-state index in [1.807, 2.05) is 18.4 Å². The van der Waals surface area contributed by atoms with Gasteiger partial charge in [0.1, 0.15) is 10.7 Å². The Hall–Kier alpha value is -2.34. The minimum absolute atomic E-state index is 0.184. The normalized spacial score (nSPS) is 10.7. The first-order valence-corrected chi connectivity index (χ1v) is 7.82. The number of hydrogen-bond acceptors (Lipinski definition) is 4. The summed E-state index contributed by atoms with van der Waals surface area (Å²) in [6, 6.07) is 1.79. The Kier molecular flexibility index (Phi) is 5.29. The first-order chi connectivity index (χ1) is 11.3. The topological polar surface area (TPSA) is 66.1 Å². The summed E-state index contributed by atoms with van der Waals surface area (Å²) in [5.74, 6) is -0.914. The van der Waals surface area contributed by atoms with Gasteiger partial charge in [0.25, 0.3) is 0 Å². The van der Waals surface area contributed by atoms with E-state index in [0.717, 1.165) is 11.4 Å². The number of carbonyl (C=O) groups excluding carboxylic acids is 2. The van der Waals surface area contributed by atoms with Crippen molar-refractivity contribution < 1.29 is 14.3 Å². The zero-order chi connectivity index (χ0) is 18.0. The highest BCUT2D eigenvalue weighted by Crippen LogP contribution is 2.20. The highest BCUT2D eigenvalue weighted by atomic mass is 35.5. The predicted molar refractivity (Wildman–Crippen MR) is 91.7 cm³/mol. The van der Waals surface area contributed by atoms with Crippen molar-refractivity contribution in [1.29, 1.82) is 0 Å². The largest absolute Gasteiger partial charge is 0.454 e. The van der Waals surface area contributed by atoms with Gasteiger partial charge in [-0.1, -0.05) is 17.7 Å². The minimum atomic E-state index is -0.654. The molecule has 0 unspecified atom stereocenters. The van der Waals surface area contributed by atoms with Crippen molar-refractivity contribution in [2.75, 3.05) is 6.61 Å². The summed E-state index contributed by atoms with van der Waals surface area (Å²) in [6.45, 7) is 9.41. The lowest BCUT2D eigenvalue weighted by molar-refractivity contribution is 0.0474. The number of nitrogens with zero attached hydrogens (tertiary/aromatic N) is 3. The number of ether oxygens (including phenoxy) is 1. The molecule has 0 aliphatic carbocycles. The van der Waals surface area contributed by atoms with Crippen molar-refractivity contribution in [1.82, 2.24) is 14.3 Å². The lowest BCUT2D eigenvalue weighted by atomic mass is 10.1. The third kappa shape index (κ3) is 3.28. The first-order valence-electron chi connectivity index (χ1n) is 7.45. The fourth-order valence-electron chi connectivity index (χ4n) is 2.64. The number of aryl methyl sites for hydroxylation is 3. The average Bonchev–Trinajstić information content (AvgIpc) is 2.95. The van der Waals surface area contributed by atoms with Crippen LogP contribution in [0.5, 0.6) is 0 Å². The number of Topliss-reactive ketones (excluding diaryl/α,β-unsaturated/α-hetero) is 1. The molecule has 0 aliphatic rings. The Morgan fingerprint density at radius 1 is 1.38 bits per heavy atom. The fourth-order valence-corrected chi connectivity index (χ4v) is 2.89. The van der Waals surface area contributed by atoms with Crippen molar-refractivity contribution in [3.63, 3.8) is 0 Å². The Bertz CT molecular complexity index is 818. The molecule has 7 heteroatoms. The maximum atomic E-state index is 12.4. The molecule has 0 aliphatic heterocycles. The van der Waals surface area contributed by atoms with E-state index in [1.54, 1.807) is 26.1 Å². The van der Waals surface area contributed by atoms with E-state index in [1.165, 1.54) is 4.68 Å². The van der Waals surface area contributed by atoms with Crippen molar-refractivity contribution in [2.45, 2.75) is 27.3 Å². The molecule has 0 radical (unpaired) electrons. The zero-order valence-electron chi connectivity index (χ0n) is 14.2. The van der Waals surface area contributed by atoms with Gasteiger partial charge in [0.15, 0.2) is 6.61 Å². The number of rotatable bonds is 6. The molecule has 0 saturated heterocycles. The molecule has 2 rings (SSSR count). The molecule has 0 amide bonds. The van der Waals surface area contributed by atoms with Crippen LogP contribution in [0.3, 0.4) is 0 Å². The Morgan fingerprint density at radius 3 is 2.58 bits per heavy atom. The molecular formula is C17H20ClN3O3. The van der Waals surface area contributed by atoms with E-state index in [-0.39, 0.29) is 23.1 Å². The van der Waals surface area contributed by atoms with Gasteiger partial charge in [-0.25, -0.2) is 4.79 Å². The highest BCUT2D eigenvalue weighted by Gasteiger charge is 2.22. The number of aromatic nitrogens is 3. The van der Waals surface area contributed by atoms with Crippen LogP contribution in [0.15, 0.2) is 18.7 Å². The smallest absolute Gasteiger partial charge is 0.343 e. The van der Waals surface area contributed by atoms with Gasteiger partial charge >= 0.3 is 5.97 Å². The van der Waals surface area contributed by atoms with Crippen LogP contribution in [0, 0.1) is 20.8 Å². The van der Waals surface area contributed by atoms with Crippen LogP contribution in [0.25, 0.3) is 0 Å². The molecule has 0 N–H and O–H groups in total. The van der Waals surface area contributed by atoms with Crippen LogP contribution in [0.1, 0.15) is 37.8 Å². The molecule has 0 bridgehead atoms. The Morgan fingerprint density at radius 2 is 2.04 bits per heavy atom. The third-order valence-corrected chi connectivity index (χ3v) is 4.31. The maximum absolute atomic E-state index is 12.4. The van der Waals surface area contributed by atoms with Crippen LogP contribution in [0.2, 0.25) is 5.15 Å². The van der Waals surface area contributed by atoms with Crippen LogP contribution in [0.4, 0.5) is 0 Å². The average molecular weight is 350 g/mol. The summed E-state index contributed by atoms with van der Waals surface area (Å²) in [4.78, 5) is 24.5. The van der Waals surface area contributed by atoms with Crippen molar-refractivity contribution in [3.05, 3.63) is 52.1 Å². The van der Waals surface area contributed by atoms with E-state index in [4.69, 9.17) is 16.3 Å². The number of carbonyl (C=O) groups is 2. The molecule has 2 heterocycles. The third-order valence-electron chi connectivity index (χ3n) is 3.88. The second-order valence-electron chi connectivity index (χ2n) is 5.56. The molecular weight excluding hydrogens is 330 g/mol. The van der Waals surface area contributed by atoms with E-state index in [9.17, 15) is 9.59 Å². The summed E-state index contributed by atoms with van der Waals surface area (Å²) in [7, 11) is 1.63. The molecule has 0 fully saturated rings. The Balaban J connectivity index is 2.12. The summed E-state index contributed by atoms with van der Waals surface area (Å²) in [6.07, 6.45) is 1.77. The molecule has 128 valence electrons. The standard InChI is InChI=1S/C17H20ClN3O3/c1-6-7-21-10(2)8-13(12(21)4)14(22)9-24-17(23)15-11(3)19-20(5)16(15)18/h6,8H,1,7,9H2,2-5H3. The first kappa shape index (κ1) is 18.0. The minimum Gasteiger partial charge on any atom is -0.454 e. The van der Waals surface area contributed by atoms with Gasteiger partial charge in [0.2, 0.25) is 5.78 Å². The Labute approximate surface area is 145 Å². The van der Waals surface area contributed by atoms with Crippen molar-refractivity contribution in [3.8, 4) is 0 Å². The molecule has 0 spiro atoms. The lowest BCUT2D eigenvalue weighted by Gasteiger charge is -2.07. The fraction of sp³-hybridized carbons (Fsp3) is 0.353. The van der Waals surface area contributed by atoms with Gasteiger partial charge in [-0.05, 0) is 26.8 Å². The molecule has 24 heavy (non-hydrogen) atoms. The number of ketones is 1. The quantitative estimate of drug-likeness (QED) is 0.457. The summed E-state index contributed by atoms with van der Waals surface area (Å²) in [5.41, 5.74) is 2.96. The molecule has 0 aromatic carbocycles. The molecule has 2 aromatic rings. The number of hydrogen-bond donors (Lipinski definition) is 0. The van der Waals surface area contributed by atoms with E-state index < -0.39 is 5.97 Å². The van der Waals surface area contributed by atoms with Gasteiger partial charge in [0.05, 0.1) is 5.69 Å². The predicted octanol–water partition coefficient (Wildman–Crippen LogP) is 3.03. The van der Waals surface area contributed by atoms with Crippen LogP contribution >= 0.6 is 11.6 Å². The molecule has 0 atom stereocenters. The molecule has 6 nitrogen and oxygen atoms in total. The maximum Gasteiger partial charge on any atom is 0.343 e. The number of allylic oxidation sites excluding steroid dienone is 1. The number of halogens is 1. The SMILES string of the molecule is C=CCn1c(C)cc(C(=O)COC(=O)c2c(C)nn(C)c2Cl)c1C. The van der Waals surface area contributed by atoms with Gasteiger partial charge in [0, 0.05) is 30.5 Å². The van der Waals surface area contributed by atoms with Crippen molar-refractivity contribution >= 4 is 23.4 Å².